The number of thiol groups is 1. The number of nitrogens with one attached hydrogen (secondary N) is 1. The summed E-state index contributed by atoms with van der Waals surface area (Å²) in [5, 5.41) is 2.88. The summed E-state index contributed by atoms with van der Waals surface area (Å²) >= 11 is 11.1. The molecule has 0 heterocycles. The van der Waals surface area contributed by atoms with Crippen molar-refractivity contribution in [3.8, 4) is 0 Å². The molecule has 0 saturated heterocycles. The molecule has 0 fully saturated rings. The number of hydrogen-bond donors (Lipinski definition) is 2. The van der Waals surface area contributed by atoms with Crippen molar-refractivity contribution in [3.63, 3.8) is 0 Å². The summed E-state index contributed by atoms with van der Waals surface area (Å²) in [6.45, 7) is 0.488. The molecule has 0 radical (unpaired) electrons. The molecule has 0 saturated carbocycles. The van der Waals surface area contributed by atoms with Gasteiger partial charge >= 0.3 is 0 Å². The van der Waals surface area contributed by atoms with Crippen LogP contribution in [0.5, 0.6) is 0 Å². The molecule has 0 spiro atoms. The van der Waals surface area contributed by atoms with Gasteiger partial charge in [-0.3, -0.25) is 4.79 Å². The Kier molecular flexibility index (Phi) is 5.07. The van der Waals surface area contributed by atoms with Crippen molar-refractivity contribution >= 4 is 50.4 Å². The number of carbonyl (C=O) groups is 1. The second kappa shape index (κ2) is 6.59. The van der Waals surface area contributed by atoms with Crippen molar-refractivity contribution in [3.05, 3.63) is 62.5 Å². The van der Waals surface area contributed by atoms with Crippen LogP contribution in [0.4, 0.5) is 0 Å². The smallest absolute Gasteiger partial charge is 0.252 e. The van der Waals surface area contributed by atoms with Crippen LogP contribution in [0.3, 0.4) is 0 Å². The van der Waals surface area contributed by atoms with Gasteiger partial charge < -0.3 is 5.32 Å². The minimum Gasteiger partial charge on any atom is -0.348 e. The van der Waals surface area contributed by atoms with Gasteiger partial charge in [0.05, 0.1) is 5.56 Å². The van der Waals surface area contributed by atoms with Crippen LogP contribution in [0.15, 0.2) is 56.3 Å². The first kappa shape index (κ1) is 14.6. The van der Waals surface area contributed by atoms with Gasteiger partial charge in [-0.15, -0.1) is 12.6 Å². The van der Waals surface area contributed by atoms with Crippen molar-refractivity contribution < 1.29 is 4.79 Å². The summed E-state index contributed by atoms with van der Waals surface area (Å²) in [6.07, 6.45) is 0. The van der Waals surface area contributed by atoms with Crippen molar-refractivity contribution in [1.29, 1.82) is 0 Å². The normalized spacial score (nSPS) is 10.3. The van der Waals surface area contributed by atoms with E-state index in [9.17, 15) is 4.79 Å². The van der Waals surface area contributed by atoms with E-state index in [1.54, 1.807) is 12.1 Å². The third-order valence-corrected chi connectivity index (χ3v) is 3.90. The van der Waals surface area contributed by atoms with Gasteiger partial charge in [-0.1, -0.05) is 44.0 Å². The Hall–Kier alpha value is -0.780. The summed E-state index contributed by atoms with van der Waals surface area (Å²) in [5.41, 5.74) is 1.61. The van der Waals surface area contributed by atoms with Gasteiger partial charge in [0.25, 0.3) is 5.91 Å². The number of hydrogen-bond acceptors (Lipinski definition) is 2. The maximum Gasteiger partial charge on any atom is 0.252 e. The van der Waals surface area contributed by atoms with E-state index in [0.29, 0.717) is 17.0 Å². The van der Waals surface area contributed by atoms with Crippen molar-refractivity contribution in [2.45, 2.75) is 11.4 Å². The Morgan fingerprint density at radius 1 is 1.11 bits per heavy atom. The van der Waals surface area contributed by atoms with E-state index in [0.717, 1.165) is 14.5 Å². The number of halogens is 2. The lowest BCUT2D eigenvalue weighted by molar-refractivity contribution is 0.0948. The van der Waals surface area contributed by atoms with Crippen molar-refractivity contribution in [1.82, 2.24) is 5.32 Å². The van der Waals surface area contributed by atoms with Gasteiger partial charge in [-0.05, 0) is 35.9 Å². The minimum atomic E-state index is -0.127. The first-order valence-electron chi connectivity index (χ1n) is 5.57. The number of rotatable bonds is 3. The Balaban J connectivity index is 2.05. The summed E-state index contributed by atoms with van der Waals surface area (Å²) in [5.74, 6) is -0.127. The third-order valence-electron chi connectivity index (χ3n) is 2.55. The number of benzene rings is 2. The second-order valence-electron chi connectivity index (χ2n) is 3.97. The molecule has 0 aromatic heterocycles. The molecule has 2 rings (SSSR count). The zero-order valence-electron chi connectivity index (χ0n) is 9.86. The molecule has 98 valence electrons. The highest BCUT2D eigenvalue weighted by molar-refractivity contribution is 9.10. The second-order valence-corrected chi connectivity index (χ2v) is 6.29. The number of carbonyl (C=O) groups excluding carboxylic acids is 1. The molecule has 0 unspecified atom stereocenters. The van der Waals surface area contributed by atoms with E-state index < -0.39 is 0 Å². The fourth-order valence-corrected chi connectivity index (χ4v) is 2.92. The van der Waals surface area contributed by atoms with Crippen LogP contribution in [0.25, 0.3) is 0 Å². The molecule has 19 heavy (non-hydrogen) atoms. The van der Waals surface area contributed by atoms with E-state index in [4.69, 9.17) is 0 Å². The van der Waals surface area contributed by atoms with E-state index >= 15 is 0 Å². The molecule has 2 aromatic rings. The number of amides is 1. The van der Waals surface area contributed by atoms with Gasteiger partial charge in [0, 0.05) is 20.4 Å². The molecule has 0 aliphatic heterocycles. The van der Waals surface area contributed by atoms with Gasteiger partial charge in [0.15, 0.2) is 0 Å². The molecule has 0 aliphatic rings. The average Bonchev–Trinajstić information content (AvgIpc) is 2.36. The largest absolute Gasteiger partial charge is 0.348 e. The molecule has 2 aromatic carbocycles. The van der Waals surface area contributed by atoms with Gasteiger partial charge in [-0.2, -0.15) is 0 Å². The highest BCUT2D eigenvalue weighted by Gasteiger charge is 2.09. The van der Waals surface area contributed by atoms with Crippen LogP contribution in [0.2, 0.25) is 0 Å². The van der Waals surface area contributed by atoms with Crippen LogP contribution < -0.4 is 5.32 Å². The van der Waals surface area contributed by atoms with Crippen LogP contribution in [-0.2, 0) is 6.54 Å². The van der Waals surface area contributed by atoms with Crippen molar-refractivity contribution in [2.75, 3.05) is 0 Å². The average molecular weight is 401 g/mol. The molecule has 0 aliphatic carbocycles. The van der Waals surface area contributed by atoms with Crippen LogP contribution >= 0.6 is 44.5 Å². The molecular weight excluding hydrogens is 390 g/mol. The fraction of sp³-hybridized carbons (Fsp3) is 0.0714. The maximum absolute atomic E-state index is 12.0. The first-order valence-corrected chi connectivity index (χ1v) is 7.61. The van der Waals surface area contributed by atoms with Crippen molar-refractivity contribution in [2.24, 2.45) is 0 Å². The zero-order valence-corrected chi connectivity index (χ0v) is 13.9. The van der Waals surface area contributed by atoms with E-state index in [1.165, 1.54) is 0 Å². The lowest BCUT2D eigenvalue weighted by Crippen LogP contribution is -2.23. The third kappa shape index (κ3) is 4.09. The Labute approximate surface area is 134 Å². The van der Waals surface area contributed by atoms with Gasteiger partial charge in [-0.25, -0.2) is 0 Å². The van der Waals surface area contributed by atoms with Crippen LogP contribution in [-0.4, -0.2) is 5.91 Å². The van der Waals surface area contributed by atoms with Gasteiger partial charge in [0.1, 0.15) is 0 Å². The highest BCUT2D eigenvalue weighted by Crippen LogP contribution is 2.20. The van der Waals surface area contributed by atoms with E-state index in [-0.39, 0.29) is 5.91 Å². The Morgan fingerprint density at radius 2 is 1.84 bits per heavy atom. The maximum atomic E-state index is 12.0. The molecular formula is C14H11Br2NOS. The molecule has 0 atom stereocenters. The van der Waals surface area contributed by atoms with Crippen LogP contribution in [0.1, 0.15) is 15.9 Å². The monoisotopic (exact) mass is 399 g/mol. The Morgan fingerprint density at radius 3 is 2.53 bits per heavy atom. The lowest BCUT2D eigenvalue weighted by atomic mass is 10.2. The van der Waals surface area contributed by atoms with E-state index in [1.807, 2.05) is 30.3 Å². The SMILES string of the molecule is O=C(NCc1cccc(Br)c1)c1ccc(Br)cc1S. The predicted molar refractivity (Wildman–Crippen MR) is 86.7 cm³/mol. The molecule has 5 heteroatoms. The summed E-state index contributed by atoms with van der Waals surface area (Å²) < 4.78 is 1.90. The lowest BCUT2D eigenvalue weighted by Gasteiger charge is -2.08. The zero-order chi connectivity index (χ0) is 13.8. The summed E-state index contributed by atoms with van der Waals surface area (Å²) in [7, 11) is 0. The minimum absolute atomic E-state index is 0.127. The quantitative estimate of drug-likeness (QED) is 0.733. The predicted octanol–water partition coefficient (Wildman–Crippen LogP) is 4.43. The molecule has 1 N–H and O–H groups in total. The topological polar surface area (TPSA) is 29.1 Å². The Bertz CT molecular complexity index is 616. The molecule has 2 nitrogen and oxygen atoms in total. The molecule has 1 amide bonds. The summed E-state index contributed by atoms with van der Waals surface area (Å²) in [6, 6.07) is 13.2. The van der Waals surface area contributed by atoms with Crippen LogP contribution in [0, 0.1) is 0 Å². The molecule has 0 bridgehead atoms. The standard InChI is InChI=1S/C14H11Br2NOS/c15-10-3-1-2-9(6-10)8-17-14(18)12-5-4-11(16)7-13(12)19/h1-7,19H,8H2,(H,17,18). The van der Waals surface area contributed by atoms with Gasteiger partial charge in [0.2, 0.25) is 0 Å². The van der Waals surface area contributed by atoms with E-state index in [2.05, 4.69) is 49.8 Å². The summed E-state index contributed by atoms with van der Waals surface area (Å²) in [4.78, 5) is 12.7. The first-order chi connectivity index (χ1) is 9.06. The highest BCUT2D eigenvalue weighted by atomic mass is 79.9. The fourth-order valence-electron chi connectivity index (χ4n) is 1.62.